The van der Waals surface area contributed by atoms with Gasteiger partial charge in [-0.15, -0.1) is 0 Å². The SMILES string of the molecule is O=P(O)(O)C(CCC(O)c1ccccc1)P(=O)(O)O. The number of hydrogen-bond acceptors (Lipinski definition) is 3. The second-order valence-corrected chi connectivity index (χ2v) is 8.17. The van der Waals surface area contributed by atoms with Gasteiger partial charge in [0.1, 0.15) is 0 Å². The molecule has 0 saturated heterocycles. The van der Waals surface area contributed by atoms with Crippen LogP contribution in [0.3, 0.4) is 0 Å². The molecule has 1 atom stereocenters. The molecule has 1 aromatic carbocycles. The van der Waals surface area contributed by atoms with Crippen LogP contribution in [-0.4, -0.2) is 30.1 Å². The van der Waals surface area contributed by atoms with Crippen LogP contribution in [-0.2, 0) is 9.13 Å². The Balaban J connectivity index is 2.74. The van der Waals surface area contributed by atoms with Gasteiger partial charge in [0.15, 0.2) is 5.40 Å². The number of benzene rings is 1. The monoisotopic (exact) mass is 310 g/mol. The highest BCUT2D eigenvalue weighted by Crippen LogP contribution is 2.61. The number of hydrogen-bond donors (Lipinski definition) is 5. The van der Waals surface area contributed by atoms with E-state index in [2.05, 4.69) is 0 Å². The minimum Gasteiger partial charge on any atom is -0.388 e. The van der Waals surface area contributed by atoms with Crippen LogP contribution >= 0.6 is 15.2 Å². The summed E-state index contributed by atoms with van der Waals surface area (Å²) in [7, 11) is -9.84. The molecule has 0 aromatic heterocycles. The summed E-state index contributed by atoms with van der Waals surface area (Å²) in [5, 5.41) is 7.72. The zero-order chi connectivity index (χ0) is 14.7. The molecular weight excluding hydrogens is 294 g/mol. The van der Waals surface area contributed by atoms with Gasteiger partial charge in [-0.25, -0.2) is 0 Å². The Labute approximate surface area is 110 Å². The van der Waals surface area contributed by atoms with E-state index in [-0.39, 0.29) is 6.42 Å². The molecule has 0 fully saturated rings. The lowest BCUT2D eigenvalue weighted by atomic mass is 10.1. The van der Waals surface area contributed by atoms with E-state index in [9.17, 15) is 14.2 Å². The summed E-state index contributed by atoms with van der Waals surface area (Å²) in [5.74, 6) is 0. The second-order valence-electron chi connectivity index (χ2n) is 4.16. The van der Waals surface area contributed by atoms with E-state index < -0.39 is 33.1 Å². The summed E-state index contributed by atoms with van der Waals surface area (Å²) >= 11 is 0. The van der Waals surface area contributed by atoms with Crippen molar-refractivity contribution in [2.24, 2.45) is 0 Å². The third-order valence-corrected chi connectivity index (χ3v) is 6.53. The zero-order valence-corrected chi connectivity index (χ0v) is 11.7. The van der Waals surface area contributed by atoms with E-state index in [1.807, 2.05) is 0 Å². The molecular formula is C10H16O7P2. The van der Waals surface area contributed by atoms with Crippen molar-refractivity contribution in [2.75, 3.05) is 0 Å². The molecule has 0 aliphatic rings. The molecule has 7 nitrogen and oxygen atoms in total. The minimum absolute atomic E-state index is 0.148. The highest BCUT2D eigenvalue weighted by molar-refractivity contribution is 7.70. The fraction of sp³-hybridized carbons (Fsp3) is 0.400. The van der Waals surface area contributed by atoms with Crippen LogP contribution in [0.1, 0.15) is 24.5 Å². The largest absolute Gasteiger partial charge is 0.388 e. The Kier molecular flexibility index (Phi) is 5.47. The van der Waals surface area contributed by atoms with E-state index in [0.717, 1.165) is 0 Å². The molecule has 9 heteroatoms. The third-order valence-electron chi connectivity index (χ3n) is 2.66. The highest BCUT2D eigenvalue weighted by atomic mass is 31.2. The number of rotatable bonds is 6. The molecule has 0 saturated carbocycles. The molecule has 0 radical (unpaired) electrons. The fourth-order valence-corrected chi connectivity index (χ4v) is 4.22. The molecule has 1 rings (SSSR count). The first-order valence-electron chi connectivity index (χ1n) is 5.46. The smallest absolute Gasteiger partial charge is 0.340 e. The van der Waals surface area contributed by atoms with E-state index in [1.54, 1.807) is 30.3 Å². The van der Waals surface area contributed by atoms with Gasteiger partial charge in [-0.2, -0.15) is 0 Å². The van der Waals surface area contributed by atoms with Gasteiger partial charge in [-0.1, -0.05) is 30.3 Å². The molecule has 0 aliphatic heterocycles. The van der Waals surface area contributed by atoms with E-state index in [0.29, 0.717) is 5.56 Å². The van der Waals surface area contributed by atoms with Gasteiger partial charge in [-0.3, -0.25) is 9.13 Å². The van der Waals surface area contributed by atoms with Crippen LogP contribution in [0, 0.1) is 0 Å². The quantitative estimate of drug-likeness (QED) is 0.498. The van der Waals surface area contributed by atoms with Gasteiger partial charge in [0.05, 0.1) is 6.10 Å². The molecule has 0 amide bonds. The van der Waals surface area contributed by atoms with Crippen molar-refractivity contribution in [3.63, 3.8) is 0 Å². The van der Waals surface area contributed by atoms with Crippen LogP contribution in [0.5, 0.6) is 0 Å². The van der Waals surface area contributed by atoms with Crippen molar-refractivity contribution in [1.82, 2.24) is 0 Å². The first-order chi connectivity index (χ1) is 8.62. The van der Waals surface area contributed by atoms with Gasteiger partial charge in [0, 0.05) is 0 Å². The Hall–Kier alpha value is -0.520. The highest BCUT2D eigenvalue weighted by Gasteiger charge is 2.43. The Bertz CT molecular complexity index is 470. The summed E-state index contributed by atoms with van der Waals surface area (Å²) in [6, 6.07) is 8.34. The van der Waals surface area contributed by atoms with Gasteiger partial charge in [0.2, 0.25) is 0 Å². The first kappa shape index (κ1) is 16.5. The summed E-state index contributed by atoms with van der Waals surface area (Å²) in [4.78, 5) is 35.7. The lowest BCUT2D eigenvalue weighted by molar-refractivity contribution is 0.164. The van der Waals surface area contributed by atoms with Gasteiger partial charge < -0.3 is 24.7 Å². The topological polar surface area (TPSA) is 135 Å². The van der Waals surface area contributed by atoms with Crippen molar-refractivity contribution >= 4 is 15.2 Å². The molecule has 1 unspecified atom stereocenters. The second kappa shape index (κ2) is 6.29. The Morgan fingerprint density at radius 3 is 1.79 bits per heavy atom. The fourth-order valence-electron chi connectivity index (χ4n) is 1.68. The number of aliphatic hydroxyl groups excluding tert-OH is 1. The molecule has 1 aromatic rings. The van der Waals surface area contributed by atoms with E-state index in [4.69, 9.17) is 19.6 Å². The molecule has 0 bridgehead atoms. The molecule has 0 spiro atoms. The van der Waals surface area contributed by atoms with Gasteiger partial charge >= 0.3 is 15.2 Å². The predicted octanol–water partition coefficient (Wildman–Crippen LogP) is 1.18. The maximum absolute atomic E-state index is 11.0. The average Bonchev–Trinajstić information content (AvgIpc) is 2.26. The maximum Gasteiger partial charge on any atom is 0.340 e. The maximum atomic E-state index is 11.0. The van der Waals surface area contributed by atoms with Crippen LogP contribution in [0.15, 0.2) is 30.3 Å². The van der Waals surface area contributed by atoms with Gasteiger partial charge in [0.25, 0.3) is 0 Å². The van der Waals surface area contributed by atoms with Crippen LogP contribution in [0.2, 0.25) is 0 Å². The average molecular weight is 310 g/mol. The molecule has 0 heterocycles. The van der Waals surface area contributed by atoms with Gasteiger partial charge in [-0.05, 0) is 18.4 Å². The van der Waals surface area contributed by atoms with Crippen LogP contribution in [0.25, 0.3) is 0 Å². The van der Waals surface area contributed by atoms with Crippen molar-refractivity contribution in [1.29, 1.82) is 0 Å². The Morgan fingerprint density at radius 2 is 1.37 bits per heavy atom. The normalized spacial score (nSPS) is 14.6. The Morgan fingerprint density at radius 1 is 0.895 bits per heavy atom. The zero-order valence-electron chi connectivity index (χ0n) is 9.90. The standard InChI is InChI=1S/C10H16O7P2/c11-9(8-4-2-1-3-5-8)6-7-10(18(12,13)14)19(15,16)17/h1-5,9-11H,6-7H2,(H2,12,13,14)(H2,15,16,17). The van der Waals surface area contributed by atoms with E-state index >= 15 is 0 Å². The number of aliphatic hydroxyl groups is 1. The van der Waals surface area contributed by atoms with Crippen molar-refractivity contribution in [3.05, 3.63) is 35.9 Å². The summed E-state index contributed by atoms with van der Waals surface area (Å²) < 4.78 is 22.1. The summed E-state index contributed by atoms with van der Waals surface area (Å²) in [6.07, 6.45) is -1.64. The molecule has 108 valence electrons. The lowest BCUT2D eigenvalue weighted by Crippen LogP contribution is -2.11. The van der Waals surface area contributed by atoms with Crippen molar-refractivity contribution < 1.29 is 33.8 Å². The molecule has 19 heavy (non-hydrogen) atoms. The molecule has 5 N–H and O–H groups in total. The first-order valence-corrected chi connectivity index (χ1v) is 8.82. The van der Waals surface area contributed by atoms with Crippen LogP contribution in [0.4, 0.5) is 0 Å². The summed E-state index contributed by atoms with van der Waals surface area (Å²) in [6.45, 7) is 0. The third kappa shape index (κ3) is 5.16. The predicted molar refractivity (Wildman–Crippen MR) is 68.5 cm³/mol. The van der Waals surface area contributed by atoms with Crippen molar-refractivity contribution in [3.8, 4) is 0 Å². The van der Waals surface area contributed by atoms with Crippen molar-refractivity contribution in [2.45, 2.75) is 24.3 Å². The summed E-state index contributed by atoms with van der Waals surface area (Å²) in [5.41, 5.74) is 0.526. The lowest BCUT2D eigenvalue weighted by Gasteiger charge is -2.20. The minimum atomic E-state index is -4.92. The van der Waals surface area contributed by atoms with Crippen LogP contribution < -0.4 is 0 Å². The molecule has 0 aliphatic carbocycles. The van der Waals surface area contributed by atoms with E-state index in [1.165, 1.54) is 0 Å².